The van der Waals surface area contributed by atoms with Crippen LogP contribution >= 0.6 is 0 Å². The number of hydrogen-bond donors (Lipinski definition) is 1. The van der Waals surface area contributed by atoms with E-state index >= 15 is 0 Å². The molecule has 1 aromatic carbocycles. The van der Waals surface area contributed by atoms with Crippen LogP contribution in [0, 0.1) is 11.8 Å². The van der Waals surface area contributed by atoms with E-state index in [0.717, 1.165) is 24.4 Å². The number of benzene rings is 1. The lowest BCUT2D eigenvalue weighted by molar-refractivity contribution is 0.0445. The minimum absolute atomic E-state index is 0.100. The molecule has 0 heterocycles. The maximum atomic E-state index is 10.7. The highest BCUT2D eigenvalue weighted by atomic mass is 16.5. The Balaban J connectivity index is 2.81. The fraction of sp³-hybridized carbons (Fsp3) is 0.667. The first-order valence-corrected chi connectivity index (χ1v) is 7.91. The van der Waals surface area contributed by atoms with Crippen molar-refractivity contribution in [3.63, 3.8) is 0 Å². The Labute approximate surface area is 129 Å². The van der Waals surface area contributed by atoms with E-state index in [4.69, 9.17) is 4.74 Å². The third kappa shape index (κ3) is 5.68. The van der Waals surface area contributed by atoms with Crippen molar-refractivity contribution in [2.24, 2.45) is 11.8 Å². The maximum Gasteiger partial charge on any atom is 0.118 e. The highest BCUT2D eigenvalue weighted by Gasteiger charge is 2.24. The molecule has 0 amide bonds. The van der Waals surface area contributed by atoms with Crippen LogP contribution in [0.4, 0.5) is 0 Å². The van der Waals surface area contributed by atoms with Crippen molar-refractivity contribution in [2.45, 2.75) is 46.8 Å². The number of aliphatic hydroxyl groups excluding tert-OH is 1. The molecule has 0 saturated heterocycles. The molecule has 0 aliphatic heterocycles. The second kappa shape index (κ2) is 8.40. The molecule has 120 valence electrons. The summed E-state index contributed by atoms with van der Waals surface area (Å²) in [6, 6.07) is 7.80. The molecule has 1 aromatic rings. The number of hydrogen-bond acceptors (Lipinski definition) is 3. The standard InChI is InChI=1S/C18H31NO2/c1-13(2)11-19(12-14(3)4)15(5)18(20)16-7-9-17(21-6)10-8-16/h7-10,13-15,18,20H,11-12H2,1-6H3. The molecular weight excluding hydrogens is 262 g/mol. The lowest BCUT2D eigenvalue weighted by Gasteiger charge is -2.35. The van der Waals surface area contributed by atoms with Gasteiger partial charge in [-0.2, -0.15) is 0 Å². The summed E-state index contributed by atoms with van der Waals surface area (Å²) < 4.78 is 5.17. The van der Waals surface area contributed by atoms with Gasteiger partial charge in [-0.15, -0.1) is 0 Å². The monoisotopic (exact) mass is 293 g/mol. The lowest BCUT2D eigenvalue weighted by atomic mass is 10.00. The zero-order valence-electron chi connectivity index (χ0n) is 14.3. The van der Waals surface area contributed by atoms with Gasteiger partial charge in [0, 0.05) is 19.1 Å². The first kappa shape index (κ1) is 18.0. The third-order valence-electron chi connectivity index (χ3n) is 3.69. The first-order valence-electron chi connectivity index (χ1n) is 7.91. The smallest absolute Gasteiger partial charge is 0.118 e. The lowest BCUT2D eigenvalue weighted by Crippen LogP contribution is -2.42. The Morgan fingerprint density at radius 1 is 0.952 bits per heavy atom. The summed E-state index contributed by atoms with van der Waals surface area (Å²) in [5, 5.41) is 10.7. The molecule has 3 heteroatoms. The van der Waals surface area contributed by atoms with Crippen LogP contribution in [0.1, 0.15) is 46.3 Å². The van der Waals surface area contributed by atoms with Crippen molar-refractivity contribution in [3.05, 3.63) is 29.8 Å². The van der Waals surface area contributed by atoms with E-state index in [1.165, 1.54) is 0 Å². The van der Waals surface area contributed by atoms with Gasteiger partial charge in [-0.05, 0) is 36.5 Å². The van der Waals surface area contributed by atoms with Gasteiger partial charge >= 0.3 is 0 Å². The van der Waals surface area contributed by atoms with Gasteiger partial charge in [0.15, 0.2) is 0 Å². The number of rotatable bonds is 8. The minimum atomic E-state index is -0.478. The van der Waals surface area contributed by atoms with E-state index < -0.39 is 6.10 Å². The van der Waals surface area contributed by atoms with Gasteiger partial charge in [0.2, 0.25) is 0 Å². The first-order chi connectivity index (χ1) is 9.85. The summed E-state index contributed by atoms with van der Waals surface area (Å²) in [5.41, 5.74) is 0.945. The topological polar surface area (TPSA) is 32.7 Å². The maximum absolute atomic E-state index is 10.7. The van der Waals surface area contributed by atoms with Gasteiger partial charge in [0.25, 0.3) is 0 Å². The van der Waals surface area contributed by atoms with Gasteiger partial charge in [0.05, 0.1) is 13.2 Å². The molecule has 0 aliphatic rings. The van der Waals surface area contributed by atoms with Crippen molar-refractivity contribution < 1.29 is 9.84 Å². The van der Waals surface area contributed by atoms with Gasteiger partial charge in [-0.1, -0.05) is 39.8 Å². The van der Waals surface area contributed by atoms with Crippen LogP contribution in [0.2, 0.25) is 0 Å². The Kier molecular flexibility index (Phi) is 7.20. The molecule has 1 rings (SSSR count). The Morgan fingerprint density at radius 2 is 1.43 bits per heavy atom. The molecule has 0 saturated carbocycles. The molecule has 2 atom stereocenters. The van der Waals surface area contributed by atoms with Gasteiger partial charge in [-0.3, -0.25) is 4.90 Å². The fourth-order valence-corrected chi connectivity index (χ4v) is 2.62. The van der Waals surface area contributed by atoms with Crippen LogP contribution in [-0.4, -0.2) is 36.2 Å². The van der Waals surface area contributed by atoms with Gasteiger partial charge < -0.3 is 9.84 Å². The summed E-state index contributed by atoms with van der Waals surface area (Å²) in [4.78, 5) is 2.39. The SMILES string of the molecule is COc1ccc(C(O)C(C)N(CC(C)C)CC(C)C)cc1. The molecule has 21 heavy (non-hydrogen) atoms. The Morgan fingerprint density at radius 3 is 1.81 bits per heavy atom. The average molecular weight is 293 g/mol. The van der Waals surface area contributed by atoms with E-state index in [-0.39, 0.29) is 6.04 Å². The second-order valence-corrected chi connectivity index (χ2v) is 6.70. The number of aliphatic hydroxyl groups is 1. The van der Waals surface area contributed by atoms with Crippen molar-refractivity contribution in [1.29, 1.82) is 0 Å². The second-order valence-electron chi connectivity index (χ2n) is 6.70. The third-order valence-corrected chi connectivity index (χ3v) is 3.69. The largest absolute Gasteiger partial charge is 0.497 e. The zero-order valence-corrected chi connectivity index (χ0v) is 14.3. The highest BCUT2D eigenvalue weighted by Crippen LogP contribution is 2.24. The molecule has 3 nitrogen and oxygen atoms in total. The molecule has 0 radical (unpaired) electrons. The summed E-state index contributed by atoms with van der Waals surface area (Å²) in [5.74, 6) is 2.00. The normalized spacial score (nSPS) is 14.8. The molecular formula is C18H31NO2. The van der Waals surface area contributed by atoms with E-state index in [1.807, 2.05) is 24.3 Å². The zero-order chi connectivity index (χ0) is 16.0. The van der Waals surface area contributed by atoms with Gasteiger partial charge in [0.1, 0.15) is 5.75 Å². The van der Waals surface area contributed by atoms with Crippen molar-refractivity contribution in [2.75, 3.05) is 20.2 Å². The molecule has 1 N–H and O–H groups in total. The average Bonchev–Trinajstić information content (AvgIpc) is 2.44. The van der Waals surface area contributed by atoms with Crippen LogP contribution in [0.5, 0.6) is 5.75 Å². The van der Waals surface area contributed by atoms with E-state index in [2.05, 4.69) is 39.5 Å². The van der Waals surface area contributed by atoms with Crippen LogP contribution in [0.15, 0.2) is 24.3 Å². The van der Waals surface area contributed by atoms with Crippen LogP contribution in [-0.2, 0) is 0 Å². The predicted molar refractivity (Wildman–Crippen MR) is 88.7 cm³/mol. The van der Waals surface area contributed by atoms with Crippen molar-refractivity contribution >= 4 is 0 Å². The molecule has 0 aliphatic carbocycles. The summed E-state index contributed by atoms with van der Waals surface area (Å²) in [6.45, 7) is 13.0. The van der Waals surface area contributed by atoms with Crippen LogP contribution in [0.3, 0.4) is 0 Å². The number of methoxy groups -OCH3 is 1. The highest BCUT2D eigenvalue weighted by molar-refractivity contribution is 5.29. The number of nitrogens with zero attached hydrogens (tertiary/aromatic N) is 1. The molecule has 0 fully saturated rings. The summed E-state index contributed by atoms with van der Waals surface area (Å²) in [6.07, 6.45) is -0.478. The van der Waals surface area contributed by atoms with Crippen molar-refractivity contribution in [3.8, 4) is 5.75 Å². The van der Waals surface area contributed by atoms with Gasteiger partial charge in [-0.25, -0.2) is 0 Å². The summed E-state index contributed by atoms with van der Waals surface area (Å²) >= 11 is 0. The Hall–Kier alpha value is -1.06. The van der Waals surface area contributed by atoms with Crippen LogP contribution in [0.25, 0.3) is 0 Å². The van der Waals surface area contributed by atoms with Crippen molar-refractivity contribution in [1.82, 2.24) is 4.90 Å². The Bertz CT molecular complexity index is 390. The predicted octanol–water partition coefficient (Wildman–Crippen LogP) is 3.73. The molecule has 2 unspecified atom stereocenters. The number of ether oxygens (including phenoxy) is 1. The van der Waals surface area contributed by atoms with Crippen LogP contribution < -0.4 is 4.74 Å². The van der Waals surface area contributed by atoms with E-state index in [1.54, 1.807) is 7.11 Å². The molecule has 0 bridgehead atoms. The quantitative estimate of drug-likeness (QED) is 0.792. The molecule has 0 spiro atoms. The summed E-state index contributed by atoms with van der Waals surface area (Å²) in [7, 11) is 1.65. The fourth-order valence-electron chi connectivity index (χ4n) is 2.62. The van der Waals surface area contributed by atoms with E-state index in [9.17, 15) is 5.11 Å². The minimum Gasteiger partial charge on any atom is -0.497 e. The molecule has 0 aromatic heterocycles. The van der Waals surface area contributed by atoms with E-state index in [0.29, 0.717) is 11.8 Å².